The molecule has 1 fully saturated rings. The predicted octanol–water partition coefficient (Wildman–Crippen LogP) is 4.41. The zero-order valence-electron chi connectivity index (χ0n) is 13.0. The van der Waals surface area contributed by atoms with Gasteiger partial charge in [-0.05, 0) is 38.6 Å². The number of unbranched alkanes of at least 4 members (excludes halogenated alkanes) is 5. The first-order valence-corrected chi connectivity index (χ1v) is 8.74. The quantitative estimate of drug-likeness (QED) is 0.640. The minimum absolute atomic E-state index is 0.0450. The molecular weight excluding hydrogens is 234 g/mol. The van der Waals surface area contributed by atoms with Crippen molar-refractivity contribution in [2.24, 2.45) is 0 Å². The Balaban J connectivity index is 2.02. The molecule has 19 heavy (non-hydrogen) atoms. The summed E-state index contributed by atoms with van der Waals surface area (Å²) in [5, 5.41) is 13.5. The Hall–Kier alpha value is -0.0800. The number of aliphatic hydroxyl groups excluding tert-OH is 1. The van der Waals surface area contributed by atoms with E-state index >= 15 is 0 Å². The van der Waals surface area contributed by atoms with Crippen LogP contribution in [0.25, 0.3) is 0 Å². The van der Waals surface area contributed by atoms with Gasteiger partial charge in [0.25, 0.3) is 0 Å². The van der Waals surface area contributed by atoms with Crippen LogP contribution < -0.4 is 5.32 Å². The van der Waals surface area contributed by atoms with E-state index in [2.05, 4.69) is 12.2 Å². The van der Waals surface area contributed by atoms with Crippen molar-refractivity contribution in [3.8, 4) is 0 Å². The SMILES string of the molecule is CCCCCCCCNC1CCCCCC(O)CC1. The second kappa shape index (κ2) is 11.7. The van der Waals surface area contributed by atoms with Crippen molar-refractivity contribution in [1.82, 2.24) is 5.32 Å². The fourth-order valence-electron chi connectivity index (χ4n) is 3.05. The van der Waals surface area contributed by atoms with Crippen molar-refractivity contribution < 1.29 is 5.11 Å². The van der Waals surface area contributed by atoms with Gasteiger partial charge in [-0.15, -0.1) is 0 Å². The summed E-state index contributed by atoms with van der Waals surface area (Å²) in [5.41, 5.74) is 0. The molecule has 1 aliphatic carbocycles. The molecule has 0 saturated heterocycles. The summed E-state index contributed by atoms with van der Waals surface area (Å²) in [6.45, 7) is 3.44. The third-order valence-electron chi connectivity index (χ3n) is 4.40. The minimum atomic E-state index is -0.0450. The fraction of sp³-hybridized carbons (Fsp3) is 1.00. The number of nitrogens with one attached hydrogen (secondary N) is 1. The van der Waals surface area contributed by atoms with Crippen molar-refractivity contribution in [2.75, 3.05) is 6.54 Å². The zero-order chi connectivity index (χ0) is 13.8. The predicted molar refractivity (Wildman–Crippen MR) is 83.5 cm³/mol. The molecule has 2 N–H and O–H groups in total. The molecule has 2 atom stereocenters. The minimum Gasteiger partial charge on any atom is -0.393 e. The lowest BCUT2D eigenvalue weighted by molar-refractivity contribution is 0.147. The molecule has 0 aromatic heterocycles. The lowest BCUT2D eigenvalue weighted by Gasteiger charge is -2.18. The average Bonchev–Trinajstić information content (AvgIpc) is 2.51. The molecule has 0 radical (unpaired) electrons. The Labute approximate surface area is 120 Å². The van der Waals surface area contributed by atoms with Gasteiger partial charge in [0.1, 0.15) is 0 Å². The van der Waals surface area contributed by atoms with Gasteiger partial charge in [-0.1, -0.05) is 58.3 Å². The van der Waals surface area contributed by atoms with Crippen molar-refractivity contribution in [2.45, 2.75) is 103 Å². The topological polar surface area (TPSA) is 32.3 Å². The van der Waals surface area contributed by atoms with Gasteiger partial charge in [-0.2, -0.15) is 0 Å². The molecule has 2 nitrogen and oxygen atoms in total. The van der Waals surface area contributed by atoms with Crippen LogP contribution in [0.2, 0.25) is 0 Å². The maximum atomic E-state index is 9.82. The Bertz CT molecular complexity index is 196. The van der Waals surface area contributed by atoms with Crippen molar-refractivity contribution in [3.63, 3.8) is 0 Å². The third kappa shape index (κ3) is 9.45. The number of hydrogen-bond donors (Lipinski definition) is 2. The molecule has 2 heteroatoms. The molecule has 0 spiro atoms. The van der Waals surface area contributed by atoms with Crippen LogP contribution in [0, 0.1) is 0 Å². The van der Waals surface area contributed by atoms with Gasteiger partial charge in [0.2, 0.25) is 0 Å². The lowest BCUT2D eigenvalue weighted by Crippen LogP contribution is -2.30. The maximum Gasteiger partial charge on any atom is 0.0540 e. The van der Waals surface area contributed by atoms with E-state index in [9.17, 15) is 5.11 Å². The largest absolute Gasteiger partial charge is 0.393 e. The monoisotopic (exact) mass is 269 g/mol. The van der Waals surface area contributed by atoms with Gasteiger partial charge in [-0.3, -0.25) is 0 Å². The van der Waals surface area contributed by atoms with Gasteiger partial charge in [0.05, 0.1) is 6.10 Å². The van der Waals surface area contributed by atoms with E-state index in [0.717, 1.165) is 19.3 Å². The van der Waals surface area contributed by atoms with E-state index in [-0.39, 0.29) is 6.10 Å². The van der Waals surface area contributed by atoms with Crippen LogP contribution >= 0.6 is 0 Å². The Morgan fingerprint density at radius 1 is 0.842 bits per heavy atom. The molecule has 0 aliphatic heterocycles. The van der Waals surface area contributed by atoms with Gasteiger partial charge in [0.15, 0.2) is 0 Å². The summed E-state index contributed by atoms with van der Waals surface area (Å²) < 4.78 is 0. The molecule has 114 valence electrons. The first-order valence-electron chi connectivity index (χ1n) is 8.74. The molecule has 0 bridgehead atoms. The number of rotatable bonds is 8. The number of aliphatic hydroxyl groups is 1. The van der Waals surface area contributed by atoms with Crippen LogP contribution in [0.1, 0.15) is 90.4 Å². The maximum absolute atomic E-state index is 9.82. The van der Waals surface area contributed by atoms with Crippen LogP contribution in [-0.2, 0) is 0 Å². The molecule has 0 aromatic carbocycles. The van der Waals surface area contributed by atoms with Gasteiger partial charge >= 0.3 is 0 Å². The Morgan fingerprint density at radius 3 is 2.42 bits per heavy atom. The highest BCUT2D eigenvalue weighted by atomic mass is 16.3. The van der Waals surface area contributed by atoms with Crippen molar-refractivity contribution in [3.05, 3.63) is 0 Å². The van der Waals surface area contributed by atoms with Crippen LogP contribution in [-0.4, -0.2) is 23.8 Å². The summed E-state index contributed by atoms with van der Waals surface area (Å²) in [5.74, 6) is 0. The van der Waals surface area contributed by atoms with Crippen molar-refractivity contribution >= 4 is 0 Å². The molecule has 1 aliphatic rings. The molecule has 0 heterocycles. The Morgan fingerprint density at radius 2 is 1.58 bits per heavy atom. The summed E-state index contributed by atoms with van der Waals surface area (Å²) in [6.07, 6.45) is 16.5. The summed E-state index contributed by atoms with van der Waals surface area (Å²) >= 11 is 0. The normalized spacial score (nSPS) is 25.6. The first kappa shape index (κ1) is 17.0. The third-order valence-corrected chi connectivity index (χ3v) is 4.40. The molecule has 1 rings (SSSR count). The van der Waals surface area contributed by atoms with E-state index in [0.29, 0.717) is 6.04 Å². The second-order valence-electron chi connectivity index (χ2n) is 6.29. The zero-order valence-corrected chi connectivity index (χ0v) is 13.0. The van der Waals surface area contributed by atoms with E-state index in [1.165, 1.54) is 70.8 Å². The number of hydrogen-bond acceptors (Lipinski definition) is 2. The van der Waals surface area contributed by atoms with E-state index in [4.69, 9.17) is 0 Å². The smallest absolute Gasteiger partial charge is 0.0540 e. The molecule has 1 saturated carbocycles. The fourth-order valence-corrected chi connectivity index (χ4v) is 3.05. The molecule has 0 amide bonds. The molecule has 2 unspecified atom stereocenters. The van der Waals surface area contributed by atoms with E-state index < -0.39 is 0 Å². The van der Waals surface area contributed by atoms with Crippen LogP contribution in [0.4, 0.5) is 0 Å². The highest BCUT2D eigenvalue weighted by molar-refractivity contribution is 4.72. The van der Waals surface area contributed by atoms with Crippen molar-refractivity contribution in [1.29, 1.82) is 0 Å². The summed E-state index contributed by atoms with van der Waals surface area (Å²) in [6, 6.07) is 0.656. The standard InChI is InChI=1S/C17H35NO/c1-2-3-4-5-6-10-15-18-16-11-8-7-9-12-17(19)14-13-16/h16-19H,2-15H2,1H3. The first-order chi connectivity index (χ1) is 9.33. The van der Waals surface area contributed by atoms with Crippen LogP contribution in [0.15, 0.2) is 0 Å². The van der Waals surface area contributed by atoms with Crippen LogP contribution in [0.3, 0.4) is 0 Å². The van der Waals surface area contributed by atoms with Crippen LogP contribution in [0.5, 0.6) is 0 Å². The molecule has 0 aromatic rings. The average molecular weight is 269 g/mol. The highest BCUT2D eigenvalue weighted by Crippen LogP contribution is 2.17. The van der Waals surface area contributed by atoms with E-state index in [1.54, 1.807) is 0 Å². The second-order valence-corrected chi connectivity index (χ2v) is 6.29. The van der Waals surface area contributed by atoms with E-state index in [1.807, 2.05) is 0 Å². The highest BCUT2D eigenvalue weighted by Gasteiger charge is 2.13. The van der Waals surface area contributed by atoms with Gasteiger partial charge in [0, 0.05) is 6.04 Å². The summed E-state index contributed by atoms with van der Waals surface area (Å²) in [7, 11) is 0. The summed E-state index contributed by atoms with van der Waals surface area (Å²) in [4.78, 5) is 0. The lowest BCUT2D eigenvalue weighted by atomic mass is 10.0. The molecular formula is C17H35NO. The van der Waals surface area contributed by atoms with Gasteiger partial charge in [-0.25, -0.2) is 0 Å². The Kier molecular flexibility index (Phi) is 10.5. The van der Waals surface area contributed by atoms with Gasteiger partial charge < -0.3 is 10.4 Å².